The number of anilines is 2. The van der Waals surface area contributed by atoms with E-state index in [9.17, 15) is 9.59 Å². The number of carbonyl (C=O) groups excluding carboxylic acids is 2. The van der Waals surface area contributed by atoms with Gasteiger partial charge < -0.3 is 15.4 Å². The Morgan fingerprint density at radius 1 is 0.857 bits per heavy atom. The number of nitrogens with one attached hydrogen (secondary N) is 2. The van der Waals surface area contributed by atoms with E-state index in [1.165, 1.54) is 19.3 Å². The number of ether oxygens (including phenoxy) is 1. The Morgan fingerprint density at radius 2 is 1.46 bits per heavy atom. The van der Waals surface area contributed by atoms with Crippen LogP contribution in [0.4, 0.5) is 11.4 Å². The van der Waals surface area contributed by atoms with Gasteiger partial charge in [0.15, 0.2) is 0 Å². The number of amides is 2. The van der Waals surface area contributed by atoms with Crippen molar-refractivity contribution < 1.29 is 14.3 Å². The van der Waals surface area contributed by atoms with Crippen molar-refractivity contribution in [2.75, 3.05) is 17.2 Å². The molecule has 2 amide bonds. The Balaban J connectivity index is 1.84. The molecule has 0 fully saturated rings. The van der Waals surface area contributed by atoms with Gasteiger partial charge in [-0.3, -0.25) is 9.59 Å². The Bertz CT molecular complexity index is 752. The zero-order valence-corrected chi connectivity index (χ0v) is 17.0. The van der Waals surface area contributed by atoms with E-state index in [1.807, 2.05) is 26.0 Å². The largest absolute Gasteiger partial charge is 0.494 e. The molecule has 0 heterocycles. The number of hydrogen-bond donors (Lipinski definition) is 2. The average Bonchev–Trinajstić information content (AvgIpc) is 2.69. The number of rotatable bonds is 10. The lowest BCUT2D eigenvalue weighted by Crippen LogP contribution is -2.17. The lowest BCUT2D eigenvalue weighted by molar-refractivity contribution is -0.118. The number of hydrogen-bond acceptors (Lipinski definition) is 3. The van der Waals surface area contributed by atoms with Crippen LogP contribution in [0.1, 0.15) is 56.8 Å². The molecule has 0 saturated carbocycles. The van der Waals surface area contributed by atoms with E-state index in [4.69, 9.17) is 4.74 Å². The van der Waals surface area contributed by atoms with Crippen LogP contribution in [0.15, 0.2) is 48.5 Å². The first kappa shape index (κ1) is 21.5. The van der Waals surface area contributed by atoms with Crippen LogP contribution in [-0.2, 0) is 4.79 Å². The molecule has 5 heteroatoms. The minimum absolute atomic E-state index is 0.0375. The summed E-state index contributed by atoms with van der Waals surface area (Å²) >= 11 is 0. The molecule has 0 saturated heterocycles. The molecular formula is C23H30N2O3. The molecule has 2 aromatic carbocycles. The Hall–Kier alpha value is -2.82. The summed E-state index contributed by atoms with van der Waals surface area (Å²) in [4.78, 5) is 24.1. The fourth-order valence-corrected chi connectivity index (χ4v) is 2.55. The summed E-state index contributed by atoms with van der Waals surface area (Å²) in [5.41, 5.74) is 1.94. The molecule has 0 aliphatic heterocycles. The van der Waals surface area contributed by atoms with Crippen molar-refractivity contribution in [3.8, 4) is 5.75 Å². The summed E-state index contributed by atoms with van der Waals surface area (Å²) in [6.07, 6.45) is 4.66. The second-order valence-corrected chi connectivity index (χ2v) is 7.11. The molecule has 0 unspecified atom stereocenters. The first-order chi connectivity index (χ1) is 13.5. The summed E-state index contributed by atoms with van der Waals surface area (Å²) in [5, 5.41) is 5.68. The van der Waals surface area contributed by atoms with Crippen LogP contribution in [0.3, 0.4) is 0 Å². The summed E-state index contributed by atoms with van der Waals surface area (Å²) < 4.78 is 5.70. The van der Waals surface area contributed by atoms with E-state index in [2.05, 4.69) is 17.6 Å². The van der Waals surface area contributed by atoms with Gasteiger partial charge in [0, 0.05) is 22.9 Å². The van der Waals surface area contributed by atoms with Crippen molar-refractivity contribution >= 4 is 23.2 Å². The molecule has 0 bridgehead atoms. The van der Waals surface area contributed by atoms with Gasteiger partial charge in [-0.25, -0.2) is 0 Å². The van der Waals surface area contributed by atoms with Crippen LogP contribution in [-0.4, -0.2) is 18.4 Å². The smallest absolute Gasteiger partial charge is 0.255 e. The van der Waals surface area contributed by atoms with Crippen molar-refractivity contribution in [3.63, 3.8) is 0 Å². The zero-order valence-electron chi connectivity index (χ0n) is 17.0. The van der Waals surface area contributed by atoms with E-state index < -0.39 is 0 Å². The number of carbonyl (C=O) groups is 2. The van der Waals surface area contributed by atoms with Crippen molar-refractivity contribution in [1.29, 1.82) is 0 Å². The van der Waals surface area contributed by atoms with Gasteiger partial charge in [0.2, 0.25) is 5.91 Å². The first-order valence-electron chi connectivity index (χ1n) is 9.94. The predicted molar refractivity (Wildman–Crippen MR) is 114 cm³/mol. The Labute approximate surface area is 167 Å². The van der Waals surface area contributed by atoms with Crippen LogP contribution in [0.2, 0.25) is 0 Å². The molecule has 2 rings (SSSR count). The third-order valence-corrected chi connectivity index (χ3v) is 4.32. The van der Waals surface area contributed by atoms with Crippen molar-refractivity contribution in [3.05, 3.63) is 54.1 Å². The third kappa shape index (κ3) is 7.06. The Kier molecular flexibility index (Phi) is 8.53. The van der Waals surface area contributed by atoms with Gasteiger partial charge in [-0.05, 0) is 55.0 Å². The van der Waals surface area contributed by atoms with E-state index in [0.29, 0.717) is 23.5 Å². The first-order valence-corrected chi connectivity index (χ1v) is 9.94. The molecule has 0 radical (unpaired) electrons. The number of benzene rings is 2. The van der Waals surface area contributed by atoms with Crippen LogP contribution in [0, 0.1) is 5.92 Å². The van der Waals surface area contributed by atoms with Gasteiger partial charge >= 0.3 is 0 Å². The van der Waals surface area contributed by atoms with Gasteiger partial charge in [0.05, 0.1) is 6.61 Å². The normalized spacial score (nSPS) is 10.6. The maximum absolute atomic E-state index is 12.4. The molecule has 0 aliphatic rings. The molecule has 28 heavy (non-hydrogen) atoms. The number of unbranched alkanes of at least 4 members (excludes halogenated alkanes) is 3. The SMILES string of the molecule is CCCCCCOc1ccc(C(=O)Nc2ccc(NC(=O)C(C)C)cc2)cc1. The Morgan fingerprint density at radius 3 is 2.04 bits per heavy atom. The van der Waals surface area contributed by atoms with Crippen LogP contribution in [0.25, 0.3) is 0 Å². The van der Waals surface area contributed by atoms with Crippen molar-refractivity contribution in [2.24, 2.45) is 5.92 Å². The molecule has 2 N–H and O–H groups in total. The fraction of sp³-hybridized carbons (Fsp3) is 0.391. The summed E-state index contributed by atoms with van der Waals surface area (Å²) in [6.45, 7) is 6.56. The molecule has 2 aromatic rings. The molecule has 0 aromatic heterocycles. The maximum atomic E-state index is 12.4. The zero-order chi connectivity index (χ0) is 20.4. The standard InChI is InChI=1S/C23H30N2O3/c1-4-5-6-7-16-28-21-14-8-18(9-15-21)23(27)25-20-12-10-19(11-13-20)24-22(26)17(2)3/h8-15,17H,4-7,16H2,1-3H3,(H,24,26)(H,25,27). The predicted octanol–water partition coefficient (Wildman–Crippen LogP) is 5.49. The minimum Gasteiger partial charge on any atom is -0.494 e. The summed E-state index contributed by atoms with van der Waals surface area (Å²) in [7, 11) is 0. The molecule has 0 aliphatic carbocycles. The highest BCUT2D eigenvalue weighted by molar-refractivity contribution is 6.04. The van der Waals surface area contributed by atoms with E-state index in [-0.39, 0.29) is 17.7 Å². The second kappa shape index (κ2) is 11.1. The molecular weight excluding hydrogens is 352 g/mol. The van der Waals surface area contributed by atoms with Gasteiger partial charge in [0.1, 0.15) is 5.75 Å². The van der Waals surface area contributed by atoms with Crippen molar-refractivity contribution in [1.82, 2.24) is 0 Å². The minimum atomic E-state index is -0.187. The van der Waals surface area contributed by atoms with E-state index >= 15 is 0 Å². The highest BCUT2D eigenvalue weighted by atomic mass is 16.5. The van der Waals surface area contributed by atoms with Crippen LogP contribution < -0.4 is 15.4 Å². The highest BCUT2D eigenvalue weighted by Gasteiger charge is 2.09. The lowest BCUT2D eigenvalue weighted by Gasteiger charge is -2.10. The second-order valence-electron chi connectivity index (χ2n) is 7.11. The quantitative estimate of drug-likeness (QED) is 0.534. The van der Waals surface area contributed by atoms with Crippen LogP contribution >= 0.6 is 0 Å². The molecule has 0 spiro atoms. The van der Waals surface area contributed by atoms with E-state index in [1.54, 1.807) is 36.4 Å². The maximum Gasteiger partial charge on any atom is 0.255 e. The van der Waals surface area contributed by atoms with Crippen molar-refractivity contribution in [2.45, 2.75) is 46.5 Å². The summed E-state index contributed by atoms with van der Waals surface area (Å²) in [5.74, 6) is 0.471. The topological polar surface area (TPSA) is 67.4 Å². The molecule has 0 atom stereocenters. The van der Waals surface area contributed by atoms with E-state index in [0.717, 1.165) is 12.2 Å². The average molecular weight is 383 g/mol. The molecule has 150 valence electrons. The summed E-state index contributed by atoms with van der Waals surface area (Å²) in [6, 6.07) is 14.2. The van der Waals surface area contributed by atoms with Gasteiger partial charge in [-0.2, -0.15) is 0 Å². The fourth-order valence-electron chi connectivity index (χ4n) is 2.55. The van der Waals surface area contributed by atoms with Gasteiger partial charge in [0.25, 0.3) is 5.91 Å². The highest BCUT2D eigenvalue weighted by Crippen LogP contribution is 2.17. The van der Waals surface area contributed by atoms with Crippen LogP contribution in [0.5, 0.6) is 5.75 Å². The molecule has 5 nitrogen and oxygen atoms in total. The van der Waals surface area contributed by atoms with Gasteiger partial charge in [-0.1, -0.05) is 40.0 Å². The monoisotopic (exact) mass is 382 g/mol. The lowest BCUT2D eigenvalue weighted by atomic mass is 10.2. The van der Waals surface area contributed by atoms with Gasteiger partial charge in [-0.15, -0.1) is 0 Å². The third-order valence-electron chi connectivity index (χ3n) is 4.32.